The van der Waals surface area contributed by atoms with Crippen molar-refractivity contribution >= 4 is 29.2 Å². The van der Waals surface area contributed by atoms with Crippen LogP contribution in [0.2, 0.25) is 10.0 Å². The van der Waals surface area contributed by atoms with E-state index in [1.807, 2.05) is 0 Å². The van der Waals surface area contributed by atoms with Gasteiger partial charge in [-0.2, -0.15) is 0 Å². The van der Waals surface area contributed by atoms with Crippen LogP contribution in [0.3, 0.4) is 0 Å². The molecule has 0 saturated carbocycles. The average Bonchev–Trinajstić information content (AvgIpc) is 2.19. The third-order valence-electron chi connectivity index (χ3n) is 2.76. The minimum atomic E-state index is -0.986. The number of hydrogen-bond acceptors (Lipinski definition) is 1. The third kappa shape index (κ3) is 1.84. The maximum atomic E-state index is 11.1. The molecule has 80 valence electrons. The van der Waals surface area contributed by atoms with Gasteiger partial charge in [0.1, 0.15) is 0 Å². The van der Waals surface area contributed by atoms with Crippen molar-refractivity contribution in [3.63, 3.8) is 0 Å². The lowest BCUT2D eigenvalue weighted by Crippen LogP contribution is -2.11. The number of carboxylic acids is 1. The van der Waals surface area contributed by atoms with Gasteiger partial charge in [0, 0.05) is 0 Å². The fourth-order valence-electron chi connectivity index (χ4n) is 2.06. The van der Waals surface area contributed by atoms with E-state index in [1.54, 1.807) is 6.07 Å². The highest BCUT2D eigenvalue weighted by Gasteiger charge is 2.22. The Hall–Kier alpha value is -0.730. The zero-order valence-electron chi connectivity index (χ0n) is 8.02. The summed E-state index contributed by atoms with van der Waals surface area (Å²) < 4.78 is 0. The zero-order chi connectivity index (χ0) is 11.0. The molecule has 15 heavy (non-hydrogen) atoms. The van der Waals surface area contributed by atoms with Crippen molar-refractivity contribution in [1.29, 1.82) is 0 Å². The second kappa shape index (κ2) is 4.03. The smallest absolute Gasteiger partial charge is 0.337 e. The van der Waals surface area contributed by atoms with Crippen molar-refractivity contribution in [2.24, 2.45) is 0 Å². The molecule has 1 aromatic rings. The monoisotopic (exact) mass is 244 g/mol. The number of aromatic carboxylic acids is 1. The Morgan fingerprint density at radius 1 is 1.27 bits per heavy atom. The number of hydrogen-bond donors (Lipinski definition) is 1. The minimum Gasteiger partial charge on any atom is -0.478 e. The third-order valence-corrected chi connectivity index (χ3v) is 3.54. The van der Waals surface area contributed by atoms with Gasteiger partial charge in [0.2, 0.25) is 0 Å². The molecular formula is C11H10Cl2O2. The molecule has 0 atom stereocenters. The number of benzene rings is 1. The van der Waals surface area contributed by atoms with Crippen molar-refractivity contribution in [2.75, 3.05) is 0 Å². The second-order valence-corrected chi connectivity index (χ2v) is 4.48. The van der Waals surface area contributed by atoms with Gasteiger partial charge in [0.25, 0.3) is 0 Å². The predicted octanol–water partition coefficient (Wildman–Crippen LogP) is 3.57. The molecule has 0 saturated heterocycles. The van der Waals surface area contributed by atoms with E-state index in [2.05, 4.69) is 0 Å². The summed E-state index contributed by atoms with van der Waals surface area (Å²) in [5.74, 6) is -0.986. The van der Waals surface area contributed by atoms with Crippen molar-refractivity contribution in [2.45, 2.75) is 25.7 Å². The SMILES string of the molecule is O=C(O)c1c(Cl)c(Cl)cc2c1CCCC2. The Morgan fingerprint density at radius 2 is 1.93 bits per heavy atom. The minimum absolute atomic E-state index is 0.171. The molecular weight excluding hydrogens is 235 g/mol. The first kappa shape index (κ1) is 10.8. The van der Waals surface area contributed by atoms with Gasteiger partial charge in [-0.05, 0) is 42.9 Å². The summed E-state index contributed by atoms with van der Waals surface area (Å²) in [4.78, 5) is 11.1. The normalized spacial score (nSPS) is 14.8. The van der Waals surface area contributed by atoms with Crippen molar-refractivity contribution < 1.29 is 9.90 Å². The molecule has 0 spiro atoms. The van der Waals surface area contributed by atoms with Crippen LogP contribution < -0.4 is 0 Å². The highest BCUT2D eigenvalue weighted by atomic mass is 35.5. The summed E-state index contributed by atoms with van der Waals surface area (Å²) in [6.07, 6.45) is 3.79. The molecule has 0 radical (unpaired) electrons. The van der Waals surface area contributed by atoms with E-state index in [0.717, 1.165) is 36.8 Å². The van der Waals surface area contributed by atoms with E-state index < -0.39 is 5.97 Å². The molecule has 0 amide bonds. The molecule has 0 bridgehead atoms. The van der Waals surface area contributed by atoms with Crippen molar-refractivity contribution in [1.82, 2.24) is 0 Å². The lowest BCUT2D eigenvalue weighted by molar-refractivity contribution is 0.0695. The summed E-state index contributed by atoms with van der Waals surface area (Å²) in [6, 6.07) is 1.80. The van der Waals surface area contributed by atoms with Crippen LogP contribution in [0.4, 0.5) is 0 Å². The summed E-state index contributed by atoms with van der Waals surface area (Å²) in [5.41, 5.74) is 2.09. The van der Waals surface area contributed by atoms with Gasteiger partial charge in [0.05, 0.1) is 15.6 Å². The van der Waals surface area contributed by atoms with Gasteiger partial charge in [0.15, 0.2) is 0 Å². The van der Waals surface area contributed by atoms with Gasteiger partial charge in [-0.25, -0.2) is 4.79 Å². The first-order chi connectivity index (χ1) is 7.11. The van der Waals surface area contributed by atoms with E-state index in [9.17, 15) is 4.79 Å². The fraction of sp³-hybridized carbons (Fsp3) is 0.364. The van der Waals surface area contributed by atoms with Gasteiger partial charge in [-0.15, -0.1) is 0 Å². The summed E-state index contributed by atoms with van der Waals surface area (Å²) in [5, 5.41) is 9.62. The van der Waals surface area contributed by atoms with Crippen LogP contribution in [0, 0.1) is 0 Å². The molecule has 1 N–H and O–H groups in total. The molecule has 0 fully saturated rings. The molecule has 1 aromatic carbocycles. The molecule has 4 heteroatoms. The molecule has 2 rings (SSSR count). The van der Waals surface area contributed by atoms with Gasteiger partial charge < -0.3 is 5.11 Å². The number of aryl methyl sites for hydroxylation is 1. The largest absolute Gasteiger partial charge is 0.478 e. The maximum absolute atomic E-state index is 11.1. The van der Waals surface area contributed by atoms with Crippen LogP contribution in [0.1, 0.15) is 34.3 Å². The number of rotatable bonds is 1. The quantitative estimate of drug-likeness (QED) is 0.821. The molecule has 2 nitrogen and oxygen atoms in total. The van der Waals surface area contributed by atoms with Crippen LogP contribution in [0.15, 0.2) is 6.07 Å². The number of halogens is 2. The van der Waals surface area contributed by atoms with E-state index in [1.165, 1.54) is 0 Å². The molecule has 1 aliphatic carbocycles. The number of carbonyl (C=O) groups is 1. The average molecular weight is 245 g/mol. The first-order valence-corrected chi connectivity index (χ1v) is 5.60. The summed E-state index contributed by atoms with van der Waals surface area (Å²) in [6.45, 7) is 0. The zero-order valence-corrected chi connectivity index (χ0v) is 9.53. The number of fused-ring (bicyclic) bond motifs is 1. The molecule has 0 aromatic heterocycles. The van der Waals surface area contributed by atoms with Crippen molar-refractivity contribution in [3.8, 4) is 0 Å². The molecule has 0 heterocycles. The highest BCUT2D eigenvalue weighted by Crippen LogP contribution is 2.35. The van der Waals surface area contributed by atoms with E-state index in [4.69, 9.17) is 28.3 Å². The lowest BCUT2D eigenvalue weighted by Gasteiger charge is -2.19. The van der Waals surface area contributed by atoms with E-state index in [-0.39, 0.29) is 10.6 Å². The molecule has 1 aliphatic rings. The summed E-state index contributed by atoms with van der Waals surface area (Å²) >= 11 is 11.8. The van der Waals surface area contributed by atoms with Crippen LogP contribution >= 0.6 is 23.2 Å². The van der Waals surface area contributed by atoms with Crippen LogP contribution in [-0.4, -0.2) is 11.1 Å². The van der Waals surface area contributed by atoms with Gasteiger partial charge in [-0.3, -0.25) is 0 Å². The maximum Gasteiger partial charge on any atom is 0.337 e. The first-order valence-electron chi connectivity index (χ1n) is 4.84. The second-order valence-electron chi connectivity index (χ2n) is 3.70. The fourth-order valence-corrected chi connectivity index (χ4v) is 2.54. The van der Waals surface area contributed by atoms with Crippen molar-refractivity contribution in [3.05, 3.63) is 32.8 Å². The van der Waals surface area contributed by atoms with E-state index in [0.29, 0.717) is 5.02 Å². The van der Waals surface area contributed by atoms with Crippen LogP contribution in [0.5, 0.6) is 0 Å². The topological polar surface area (TPSA) is 37.3 Å². The Morgan fingerprint density at radius 3 is 2.60 bits per heavy atom. The molecule has 0 unspecified atom stereocenters. The Balaban J connectivity index is 2.68. The van der Waals surface area contributed by atoms with Crippen LogP contribution in [-0.2, 0) is 12.8 Å². The summed E-state index contributed by atoms with van der Waals surface area (Å²) in [7, 11) is 0. The lowest BCUT2D eigenvalue weighted by atomic mass is 9.88. The molecule has 0 aliphatic heterocycles. The Kier molecular flexibility index (Phi) is 2.89. The highest BCUT2D eigenvalue weighted by molar-refractivity contribution is 6.43. The van der Waals surface area contributed by atoms with Gasteiger partial charge >= 0.3 is 5.97 Å². The Labute approximate surface area is 97.8 Å². The van der Waals surface area contributed by atoms with E-state index >= 15 is 0 Å². The predicted molar refractivity (Wildman–Crippen MR) is 60.1 cm³/mol. The van der Waals surface area contributed by atoms with Crippen LogP contribution in [0.25, 0.3) is 0 Å². The standard InChI is InChI=1S/C11H10Cl2O2/c12-8-5-6-3-1-2-4-7(6)9(10(8)13)11(14)15/h5H,1-4H2,(H,14,15). The number of carboxylic acid groups (broad SMARTS) is 1. The Bertz CT molecular complexity index is 427. The van der Waals surface area contributed by atoms with Gasteiger partial charge in [-0.1, -0.05) is 23.2 Å².